The van der Waals surface area contributed by atoms with Crippen molar-refractivity contribution >= 4 is 27.0 Å². The first-order valence-electron chi connectivity index (χ1n) is 10.8. The minimum Gasteiger partial charge on any atom is -0.397 e. The summed E-state index contributed by atoms with van der Waals surface area (Å²) in [6, 6.07) is 11.8. The molecule has 1 aromatic carbocycles. The van der Waals surface area contributed by atoms with Crippen LogP contribution in [-0.4, -0.2) is 49.6 Å². The van der Waals surface area contributed by atoms with Crippen LogP contribution in [0.2, 0.25) is 0 Å². The fourth-order valence-corrected chi connectivity index (χ4v) is 4.71. The Balaban J connectivity index is 1.60. The highest BCUT2D eigenvalue weighted by Gasteiger charge is 2.22. The summed E-state index contributed by atoms with van der Waals surface area (Å²) in [5.41, 5.74) is 15.7. The lowest BCUT2D eigenvalue weighted by atomic mass is 10.0. The van der Waals surface area contributed by atoms with Gasteiger partial charge >= 0.3 is 0 Å². The van der Waals surface area contributed by atoms with E-state index >= 15 is 0 Å². The Labute approximate surface area is 193 Å². The fourth-order valence-electron chi connectivity index (χ4n) is 4.08. The van der Waals surface area contributed by atoms with Crippen molar-refractivity contribution < 1.29 is 13.2 Å². The Morgan fingerprint density at radius 2 is 1.91 bits per heavy atom. The van der Waals surface area contributed by atoms with Gasteiger partial charge in [0.2, 0.25) is 0 Å². The lowest BCUT2D eigenvalue weighted by Crippen LogP contribution is -2.43. The minimum absolute atomic E-state index is 0.110. The number of nitrogen functional groups attached to an aromatic ring is 1. The van der Waals surface area contributed by atoms with Crippen LogP contribution in [0, 0.1) is 0 Å². The molecule has 4 rings (SSSR count). The summed E-state index contributed by atoms with van der Waals surface area (Å²) in [5.74, 6) is -0.210. The number of benzene rings is 1. The van der Waals surface area contributed by atoms with Gasteiger partial charge in [-0.1, -0.05) is 12.1 Å². The first kappa shape index (κ1) is 22.9. The van der Waals surface area contributed by atoms with Gasteiger partial charge in [0, 0.05) is 61.0 Å². The molecule has 0 bridgehead atoms. The number of hydrogen-bond donors (Lipinski definition) is 2. The molecule has 0 aliphatic carbocycles. The third-order valence-corrected chi connectivity index (χ3v) is 6.92. The number of aromatic nitrogens is 2. The number of anilines is 2. The summed E-state index contributed by atoms with van der Waals surface area (Å²) in [6.07, 6.45) is 6.70. The zero-order chi connectivity index (χ0) is 23.6. The summed E-state index contributed by atoms with van der Waals surface area (Å²) >= 11 is 0. The van der Waals surface area contributed by atoms with Crippen LogP contribution in [0.25, 0.3) is 11.3 Å². The van der Waals surface area contributed by atoms with Gasteiger partial charge in [0.05, 0.1) is 16.3 Å². The normalized spacial score (nSPS) is 16.5. The maximum atomic E-state index is 13.2. The van der Waals surface area contributed by atoms with E-state index in [0.29, 0.717) is 16.9 Å². The third kappa shape index (κ3) is 5.20. The molecule has 3 aromatic rings. The molecule has 0 spiro atoms. The number of carbonyl (C=O) groups excluding carboxylic acids is 1. The van der Waals surface area contributed by atoms with Crippen LogP contribution in [0.15, 0.2) is 59.8 Å². The van der Waals surface area contributed by atoms with E-state index < -0.39 is 9.84 Å². The van der Waals surface area contributed by atoms with Crippen LogP contribution >= 0.6 is 0 Å². The van der Waals surface area contributed by atoms with Gasteiger partial charge in [0.1, 0.15) is 5.69 Å². The highest BCUT2D eigenvalue weighted by molar-refractivity contribution is 7.90. The lowest BCUT2D eigenvalue weighted by Gasteiger charge is -2.33. The number of pyridine rings is 2. The van der Waals surface area contributed by atoms with Crippen LogP contribution in [0.4, 0.5) is 11.4 Å². The van der Waals surface area contributed by atoms with E-state index in [1.165, 1.54) is 12.1 Å². The third-order valence-electron chi connectivity index (χ3n) is 5.80. The summed E-state index contributed by atoms with van der Waals surface area (Å²) in [4.78, 5) is 24.4. The molecule has 172 valence electrons. The highest BCUT2D eigenvalue weighted by Crippen LogP contribution is 2.26. The van der Waals surface area contributed by atoms with Gasteiger partial charge in [0.15, 0.2) is 15.6 Å². The number of nitrogens with two attached hydrogens (primary N) is 2. The van der Waals surface area contributed by atoms with Crippen LogP contribution in [0.5, 0.6) is 0 Å². The Hall–Kier alpha value is -3.30. The van der Waals surface area contributed by atoms with Gasteiger partial charge in [-0.3, -0.25) is 9.78 Å². The maximum Gasteiger partial charge on any atom is 0.187 e. The Kier molecular flexibility index (Phi) is 6.44. The van der Waals surface area contributed by atoms with Crippen molar-refractivity contribution in [2.45, 2.75) is 30.2 Å². The molecule has 9 heteroatoms. The number of ketones is 1. The lowest BCUT2D eigenvalue weighted by molar-refractivity contribution is 0.0989. The Morgan fingerprint density at radius 3 is 2.61 bits per heavy atom. The van der Waals surface area contributed by atoms with Crippen LogP contribution in [0.3, 0.4) is 0 Å². The van der Waals surface area contributed by atoms with Gasteiger partial charge in [0.25, 0.3) is 0 Å². The monoisotopic (exact) mass is 465 g/mol. The van der Waals surface area contributed by atoms with Gasteiger partial charge < -0.3 is 16.4 Å². The molecule has 3 heterocycles. The van der Waals surface area contributed by atoms with Crippen molar-refractivity contribution in [1.82, 2.24) is 9.97 Å². The predicted octanol–water partition coefficient (Wildman–Crippen LogP) is 2.48. The predicted molar refractivity (Wildman–Crippen MR) is 129 cm³/mol. The average molecular weight is 466 g/mol. The van der Waals surface area contributed by atoms with Crippen LogP contribution < -0.4 is 16.4 Å². The van der Waals surface area contributed by atoms with E-state index in [4.69, 9.17) is 11.5 Å². The van der Waals surface area contributed by atoms with Crippen molar-refractivity contribution in [1.29, 1.82) is 0 Å². The quantitative estimate of drug-likeness (QED) is 0.531. The smallest absolute Gasteiger partial charge is 0.187 e. The SMILES string of the molecule is CS(=O)(=O)c1ccc(-c2ccc(N)c(C(=O)Cc3cnccc3N3CCC[C@H](N)C3)n2)cc1. The number of piperidine rings is 1. The topological polar surface area (TPSA) is 132 Å². The molecule has 0 unspecified atom stereocenters. The molecule has 0 amide bonds. The molecule has 4 N–H and O–H groups in total. The molecule has 2 aromatic heterocycles. The molecule has 1 saturated heterocycles. The van der Waals surface area contributed by atoms with Crippen molar-refractivity contribution in [3.05, 3.63) is 66.1 Å². The molecule has 0 radical (unpaired) electrons. The van der Waals surface area contributed by atoms with E-state index in [1.807, 2.05) is 6.07 Å². The molecule has 33 heavy (non-hydrogen) atoms. The second-order valence-corrected chi connectivity index (χ2v) is 10.4. The highest BCUT2D eigenvalue weighted by atomic mass is 32.2. The number of carbonyl (C=O) groups is 1. The maximum absolute atomic E-state index is 13.2. The van der Waals surface area contributed by atoms with Crippen LogP contribution in [-0.2, 0) is 16.3 Å². The largest absolute Gasteiger partial charge is 0.397 e. The summed E-state index contributed by atoms with van der Waals surface area (Å²) in [5, 5.41) is 0. The van der Waals surface area contributed by atoms with Crippen molar-refractivity contribution in [3.8, 4) is 11.3 Å². The number of hydrogen-bond acceptors (Lipinski definition) is 8. The standard InChI is InChI=1S/C24H27N5O3S/c1-33(31,32)19-6-4-16(5-7-19)21-9-8-20(26)24(28-21)23(30)13-17-14-27-11-10-22(17)29-12-2-3-18(25)15-29/h4-11,14,18H,2-3,12-13,15,25-26H2,1H3/t18-/m0/s1. The number of Topliss-reactive ketones (excluding diaryl/α,β-unsaturated/α-hetero) is 1. The molecule has 1 fully saturated rings. The molecule has 1 aliphatic rings. The molecule has 8 nitrogen and oxygen atoms in total. The molecule has 1 aliphatic heterocycles. The summed E-state index contributed by atoms with van der Waals surface area (Å²) in [7, 11) is -3.29. The second-order valence-electron chi connectivity index (χ2n) is 8.38. The molecular formula is C24H27N5O3S. The van der Waals surface area contributed by atoms with Crippen molar-refractivity contribution in [2.24, 2.45) is 5.73 Å². The zero-order valence-corrected chi connectivity index (χ0v) is 19.3. The zero-order valence-electron chi connectivity index (χ0n) is 18.4. The van der Waals surface area contributed by atoms with E-state index in [2.05, 4.69) is 14.9 Å². The molecule has 1 atom stereocenters. The second kappa shape index (κ2) is 9.29. The van der Waals surface area contributed by atoms with Gasteiger partial charge in [-0.25, -0.2) is 13.4 Å². The number of rotatable bonds is 6. The van der Waals surface area contributed by atoms with E-state index in [0.717, 1.165) is 43.4 Å². The van der Waals surface area contributed by atoms with Gasteiger partial charge in [-0.05, 0) is 43.2 Å². The number of sulfone groups is 1. The molecule has 0 saturated carbocycles. The summed E-state index contributed by atoms with van der Waals surface area (Å²) in [6.45, 7) is 1.63. The summed E-state index contributed by atoms with van der Waals surface area (Å²) < 4.78 is 23.4. The van der Waals surface area contributed by atoms with Crippen molar-refractivity contribution in [3.63, 3.8) is 0 Å². The Morgan fingerprint density at radius 1 is 1.15 bits per heavy atom. The minimum atomic E-state index is -3.29. The number of nitrogens with zero attached hydrogens (tertiary/aromatic N) is 3. The first-order chi connectivity index (χ1) is 15.7. The van der Waals surface area contributed by atoms with E-state index in [9.17, 15) is 13.2 Å². The average Bonchev–Trinajstić information content (AvgIpc) is 2.79. The van der Waals surface area contributed by atoms with E-state index in [-0.39, 0.29) is 28.8 Å². The Bertz CT molecular complexity index is 1280. The first-order valence-corrected chi connectivity index (χ1v) is 12.6. The van der Waals surface area contributed by atoms with Crippen molar-refractivity contribution in [2.75, 3.05) is 30.0 Å². The van der Waals surface area contributed by atoms with Crippen LogP contribution in [0.1, 0.15) is 28.9 Å². The fraction of sp³-hybridized carbons (Fsp3) is 0.292. The van der Waals surface area contributed by atoms with Gasteiger partial charge in [-0.2, -0.15) is 0 Å². The van der Waals surface area contributed by atoms with Gasteiger partial charge in [-0.15, -0.1) is 0 Å². The molecular weight excluding hydrogens is 438 g/mol. The van der Waals surface area contributed by atoms with E-state index in [1.54, 1.807) is 36.7 Å².